The first-order valence-electron chi connectivity index (χ1n) is 6.58. The normalized spacial score (nSPS) is 10.5. The molecule has 0 bridgehead atoms. The van der Waals surface area contributed by atoms with E-state index in [9.17, 15) is 9.59 Å². The molecule has 0 aromatic carbocycles. The van der Waals surface area contributed by atoms with E-state index in [1.165, 1.54) is 22.7 Å². The van der Waals surface area contributed by atoms with E-state index in [0.717, 1.165) is 5.01 Å². The molecule has 118 valence electrons. The Kier molecular flexibility index (Phi) is 4.22. The minimum absolute atomic E-state index is 0.0819. The number of hydrogen-bond acceptors (Lipinski definition) is 7. The van der Waals surface area contributed by atoms with Gasteiger partial charge in [-0.15, -0.1) is 11.3 Å². The third kappa shape index (κ3) is 3.15. The summed E-state index contributed by atoms with van der Waals surface area (Å²) in [7, 11) is 0. The molecule has 0 atom stereocenters. The van der Waals surface area contributed by atoms with Crippen molar-refractivity contribution in [1.29, 1.82) is 0 Å². The van der Waals surface area contributed by atoms with Crippen LogP contribution in [0.1, 0.15) is 31.6 Å². The Balaban J connectivity index is 1.77. The van der Waals surface area contributed by atoms with Crippen molar-refractivity contribution in [2.24, 2.45) is 0 Å². The number of aryl methyl sites for hydroxylation is 2. The van der Waals surface area contributed by atoms with Crippen LogP contribution in [-0.2, 0) is 0 Å². The molecule has 0 radical (unpaired) electrons. The SMILES string of the molecule is Cc1nc(-c2c(C(=O)NNC(=O)c3ccsc3)noc2C)cs1. The number of aromatic nitrogens is 2. The lowest BCUT2D eigenvalue weighted by atomic mass is 10.1. The Bertz CT molecular complexity index is 851. The molecule has 9 heteroatoms. The van der Waals surface area contributed by atoms with Crippen molar-refractivity contribution < 1.29 is 14.1 Å². The van der Waals surface area contributed by atoms with Crippen LogP contribution in [0.4, 0.5) is 0 Å². The van der Waals surface area contributed by atoms with Crippen LogP contribution in [-0.4, -0.2) is 22.0 Å². The summed E-state index contributed by atoms with van der Waals surface area (Å²) in [6, 6.07) is 1.66. The van der Waals surface area contributed by atoms with Crippen LogP contribution in [0.15, 0.2) is 26.7 Å². The second-order valence-corrected chi connectivity index (χ2v) is 6.48. The van der Waals surface area contributed by atoms with Crippen molar-refractivity contribution >= 4 is 34.5 Å². The quantitative estimate of drug-likeness (QED) is 0.709. The molecule has 0 saturated heterocycles. The molecule has 0 aliphatic rings. The average Bonchev–Trinajstić information content (AvgIpc) is 3.25. The topological polar surface area (TPSA) is 97.1 Å². The number of rotatable bonds is 3. The maximum atomic E-state index is 12.3. The number of hydrazine groups is 1. The van der Waals surface area contributed by atoms with Crippen LogP contribution in [0.25, 0.3) is 11.3 Å². The molecule has 3 heterocycles. The maximum Gasteiger partial charge on any atom is 0.292 e. The van der Waals surface area contributed by atoms with Gasteiger partial charge in [0.05, 0.1) is 21.8 Å². The molecule has 0 aliphatic heterocycles. The van der Waals surface area contributed by atoms with Gasteiger partial charge in [0.2, 0.25) is 0 Å². The van der Waals surface area contributed by atoms with E-state index >= 15 is 0 Å². The van der Waals surface area contributed by atoms with Gasteiger partial charge in [0.15, 0.2) is 5.69 Å². The van der Waals surface area contributed by atoms with Crippen molar-refractivity contribution in [3.63, 3.8) is 0 Å². The van der Waals surface area contributed by atoms with E-state index < -0.39 is 11.8 Å². The highest BCUT2D eigenvalue weighted by Gasteiger charge is 2.23. The Morgan fingerprint density at radius 3 is 2.61 bits per heavy atom. The summed E-state index contributed by atoms with van der Waals surface area (Å²) < 4.78 is 5.10. The summed E-state index contributed by atoms with van der Waals surface area (Å²) in [4.78, 5) is 28.4. The van der Waals surface area contributed by atoms with Crippen LogP contribution in [0.5, 0.6) is 0 Å². The number of amides is 2. The molecule has 0 spiro atoms. The zero-order chi connectivity index (χ0) is 16.4. The molecule has 3 rings (SSSR count). The Labute approximate surface area is 139 Å². The molecule has 23 heavy (non-hydrogen) atoms. The highest BCUT2D eigenvalue weighted by molar-refractivity contribution is 7.09. The van der Waals surface area contributed by atoms with Crippen molar-refractivity contribution in [2.75, 3.05) is 0 Å². The zero-order valence-corrected chi connectivity index (χ0v) is 13.9. The van der Waals surface area contributed by atoms with Gasteiger partial charge in [0.1, 0.15) is 5.76 Å². The molecular formula is C14H12N4O3S2. The smallest absolute Gasteiger partial charge is 0.292 e. The minimum Gasteiger partial charge on any atom is -0.360 e. The monoisotopic (exact) mass is 348 g/mol. The third-order valence-corrected chi connectivity index (χ3v) is 4.48. The predicted molar refractivity (Wildman–Crippen MR) is 86.3 cm³/mol. The Morgan fingerprint density at radius 2 is 1.96 bits per heavy atom. The first kappa shape index (κ1) is 15.4. The van der Waals surface area contributed by atoms with Crippen molar-refractivity contribution in [2.45, 2.75) is 13.8 Å². The van der Waals surface area contributed by atoms with E-state index in [1.54, 1.807) is 23.8 Å². The minimum atomic E-state index is -0.564. The molecule has 0 unspecified atom stereocenters. The van der Waals surface area contributed by atoms with Crippen molar-refractivity contribution in [3.05, 3.63) is 44.2 Å². The van der Waals surface area contributed by atoms with E-state index in [-0.39, 0.29) is 5.69 Å². The third-order valence-electron chi connectivity index (χ3n) is 3.03. The number of thiazole rings is 1. The Hall–Kier alpha value is -2.52. The zero-order valence-electron chi connectivity index (χ0n) is 12.2. The highest BCUT2D eigenvalue weighted by atomic mass is 32.1. The number of hydrogen-bond donors (Lipinski definition) is 2. The highest BCUT2D eigenvalue weighted by Crippen LogP contribution is 2.28. The summed E-state index contributed by atoms with van der Waals surface area (Å²) >= 11 is 2.86. The lowest BCUT2D eigenvalue weighted by Gasteiger charge is -2.05. The van der Waals surface area contributed by atoms with Gasteiger partial charge in [-0.3, -0.25) is 20.4 Å². The molecule has 2 amide bonds. The standard InChI is InChI=1S/C14H12N4O3S2/c1-7-11(10-6-23-8(2)15-10)12(18-21-7)14(20)17-16-13(19)9-3-4-22-5-9/h3-6H,1-2H3,(H,16,19)(H,17,20). The fourth-order valence-electron chi connectivity index (χ4n) is 1.95. The van der Waals surface area contributed by atoms with Gasteiger partial charge in [0, 0.05) is 10.8 Å². The summed E-state index contributed by atoms with van der Waals surface area (Å²) in [6.45, 7) is 3.58. The molecule has 3 aromatic rings. The van der Waals surface area contributed by atoms with E-state index in [2.05, 4.69) is 21.0 Å². The molecule has 0 fully saturated rings. The van der Waals surface area contributed by atoms with Gasteiger partial charge in [-0.05, 0) is 25.3 Å². The van der Waals surface area contributed by atoms with Crippen molar-refractivity contribution in [1.82, 2.24) is 21.0 Å². The maximum absolute atomic E-state index is 12.3. The molecule has 2 N–H and O–H groups in total. The average molecular weight is 348 g/mol. The predicted octanol–water partition coefficient (Wildman–Crippen LogP) is 2.55. The molecule has 3 aromatic heterocycles. The Morgan fingerprint density at radius 1 is 1.17 bits per heavy atom. The van der Waals surface area contributed by atoms with E-state index in [0.29, 0.717) is 22.6 Å². The van der Waals surface area contributed by atoms with Crippen molar-refractivity contribution in [3.8, 4) is 11.3 Å². The first-order valence-corrected chi connectivity index (χ1v) is 8.40. The fourth-order valence-corrected chi connectivity index (χ4v) is 3.19. The summed E-state index contributed by atoms with van der Waals surface area (Å²) in [5.41, 5.74) is 6.39. The lowest BCUT2D eigenvalue weighted by Crippen LogP contribution is -2.41. The summed E-state index contributed by atoms with van der Waals surface area (Å²) in [6.07, 6.45) is 0. The summed E-state index contributed by atoms with van der Waals surface area (Å²) in [5, 5.41) is 9.94. The van der Waals surface area contributed by atoms with Crippen LogP contribution in [0.3, 0.4) is 0 Å². The fraction of sp³-hybridized carbons (Fsp3) is 0.143. The van der Waals surface area contributed by atoms with Gasteiger partial charge in [-0.1, -0.05) is 5.16 Å². The molecule has 0 aliphatic carbocycles. The van der Waals surface area contributed by atoms with Crippen LogP contribution < -0.4 is 10.9 Å². The van der Waals surface area contributed by atoms with Crippen LogP contribution >= 0.6 is 22.7 Å². The van der Waals surface area contributed by atoms with Gasteiger partial charge in [-0.25, -0.2) is 4.98 Å². The summed E-state index contributed by atoms with van der Waals surface area (Å²) in [5.74, 6) is -0.471. The van der Waals surface area contributed by atoms with Gasteiger partial charge in [-0.2, -0.15) is 11.3 Å². The van der Waals surface area contributed by atoms with Gasteiger partial charge >= 0.3 is 0 Å². The van der Waals surface area contributed by atoms with Gasteiger partial charge < -0.3 is 4.52 Å². The molecule has 7 nitrogen and oxygen atoms in total. The number of thiophene rings is 1. The molecular weight excluding hydrogens is 336 g/mol. The first-order chi connectivity index (χ1) is 11.1. The number of nitrogens with one attached hydrogen (secondary N) is 2. The van der Waals surface area contributed by atoms with Crippen LogP contribution in [0, 0.1) is 13.8 Å². The van der Waals surface area contributed by atoms with Crippen LogP contribution in [0.2, 0.25) is 0 Å². The second-order valence-electron chi connectivity index (χ2n) is 4.63. The van der Waals surface area contributed by atoms with E-state index in [1.807, 2.05) is 12.3 Å². The number of carbonyl (C=O) groups excluding carboxylic acids is 2. The number of nitrogens with zero attached hydrogens (tertiary/aromatic N) is 2. The largest absolute Gasteiger partial charge is 0.360 e. The number of carbonyl (C=O) groups is 2. The lowest BCUT2D eigenvalue weighted by molar-refractivity contribution is 0.0842. The van der Waals surface area contributed by atoms with E-state index in [4.69, 9.17) is 4.52 Å². The molecule has 0 saturated carbocycles. The second kappa shape index (κ2) is 6.31. The van der Waals surface area contributed by atoms with Gasteiger partial charge in [0.25, 0.3) is 11.8 Å².